The van der Waals surface area contributed by atoms with Gasteiger partial charge < -0.3 is 0 Å². The second kappa shape index (κ2) is 26.4. The SMILES string of the molecule is CC(C)c1cc(C(C)C)c(-c2cccc(-c3c(C(C)C)cc(C(C)C)cc3C(C)C)[c]2[Sn][NH][NH][Sn][c]2c(-c3c(C(C)C)cc(C(C)C)cc3C(C)C)cccc2-c2c(C(C)C)cc(C(C)C)cc2C(C)C)c(C(C)C)c1. The fourth-order valence-corrected chi connectivity index (χ4v) is 18.8. The van der Waals surface area contributed by atoms with Gasteiger partial charge in [-0.2, -0.15) is 0 Å². The van der Waals surface area contributed by atoms with Crippen LogP contribution in [-0.4, -0.2) is 42.8 Å². The molecule has 2 N–H and O–H groups in total. The molecule has 6 rings (SSSR count). The van der Waals surface area contributed by atoms with Gasteiger partial charge in [0.05, 0.1) is 0 Å². The van der Waals surface area contributed by atoms with Crippen molar-refractivity contribution in [3.05, 3.63) is 152 Å². The maximum atomic E-state index is 4.28. The van der Waals surface area contributed by atoms with Gasteiger partial charge in [-0.15, -0.1) is 0 Å². The number of hydrogen-bond donors (Lipinski definition) is 2. The van der Waals surface area contributed by atoms with Crippen molar-refractivity contribution in [1.29, 1.82) is 0 Å². The van der Waals surface area contributed by atoms with E-state index in [-0.39, 0.29) is 0 Å². The average molecular weight is 1230 g/mol. The maximum absolute atomic E-state index is 4.28. The van der Waals surface area contributed by atoms with E-state index in [9.17, 15) is 0 Å². The normalized spacial score (nSPS) is 12.5. The van der Waals surface area contributed by atoms with E-state index in [2.05, 4.69) is 258 Å². The molecule has 0 heterocycles. The summed E-state index contributed by atoms with van der Waals surface area (Å²) in [5.74, 6) is 4.89. The molecule has 0 amide bonds. The predicted octanol–water partition coefficient (Wildman–Crippen LogP) is 20.1. The van der Waals surface area contributed by atoms with E-state index in [0.29, 0.717) is 71.0 Å². The molecular weight excluding hydrogens is 1130 g/mol. The van der Waals surface area contributed by atoms with Crippen LogP contribution in [0.4, 0.5) is 0 Å². The van der Waals surface area contributed by atoms with Crippen LogP contribution in [-0.2, 0) is 0 Å². The second-order valence-corrected chi connectivity index (χ2v) is 31.8. The van der Waals surface area contributed by atoms with Gasteiger partial charge in [0.2, 0.25) is 0 Å². The Morgan fingerprint density at radius 1 is 0.237 bits per heavy atom. The van der Waals surface area contributed by atoms with Crippen molar-refractivity contribution in [3.8, 4) is 44.5 Å². The third-order valence-corrected chi connectivity index (χ3v) is 24.1. The number of nitrogens with one attached hydrogen (secondary N) is 2. The molecule has 0 saturated carbocycles. The number of benzene rings is 6. The molecule has 0 unspecified atom stereocenters. The van der Waals surface area contributed by atoms with Crippen LogP contribution in [0.2, 0.25) is 0 Å². The molecule has 0 aromatic heterocycles. The minimum absolute atomic E-state index is 0.382. The Morgan fingerprint density at radius 2 is 0.395 bits per heavy atom. The monoisotopic (exact) mass is 1230 g/mol. The topological polar surface area (TPSA) is 24.1 Å². The predicted molar refractivity (Wildman–Crippen MR) is 341 cm³/mol. The van der Waals surface area contributed by atoms with Crippen molar-refractivity contribution < 1.29 is 0 Å². The van der Waals surface area contributed by atoms with Crippen LogP contribution in [0.5, 0.6) is 0 Å². The molecule has 4 radical (unpaired) electrons. The van der Waals surface area contributed by atoms with Crippen molar-refractivity contribution in [2.75, 3.05) is 0 Å². The summed E-state index contributed by atoms with van der Waals surface area (Å²) in [5, 5.41) is 0. The van der Waals surface area contributed by atoms with Crippen molar-refractivity contribution >= 4 is 50.0 Å². The van der Waals surface area contributed by atoms with Crippen LogP contribution in [0.15, 0.2) is 84.9 Å². The average Bonchev–Trinajstić information content (AvgIpc) is 3.35. The minimum atomic E-state index is -1.58. The molecule has 0 bridgehead atoms. The zero-order valence-corrected chi connectivity index (χ0v) is 57.7. The molecule has 0 aliphatic heterocycles. The summed E-state index contributed by atoms with van der Waals surface area (Å²) < 4.78 is 11.7. The van der Waals surface area contributed by atoms with Crippen LogP contribution in [0.1, 0.15) is 304 Å². The van der Waals surface area contributed by atoms with Gasteiger partial charge in [0, 0.05) is 0 Å². The first kappa shape index (κ1) is 62.0. The van der Waals surface area contributed by atoms with E-state index in [1.54, 1.807) is 7.16 Å². The summed E-state index contributed by atoms with van der Waals surface area (Å²) in [6.45, 7) is 57.4. The number of hydrogen-bond acceptors (Lipinski definition) is 2. The Hall–Kier alpha value is -3.16. The number of rotatable bonds is 21. The Kier molecular flexibility index (Phi) is 21.6. The molecule has 6 aromatic rings. The van der Waals surface area contributed by atoms with Crippen LogP contribution in [0, 0.1) is 0 Å². The first-order valence-electron chi connectivity index (χ1n) is 29.7. The van der Waals surface area contributed by atoms with Gasteiger partial charge in [-0.05, 0) is 0 Å². The van der Waals surface area contributed by atoms with E-state index in [1.807, 2.05) is 0 Å². The molecule has 76 heavy (non-hydrogen) atoms. The summed E-state index contributed by atoms with van der Waals surface area (Å²) >= 11 is -3.17. The summed E-state index contributed by atoms with van der Waals surface area (Å²) in [7, 11) is 0. The molecule has 0 spiro atoms. The van der Waals surface area contributed by atoms with Crippen LogP contribution in [0.3, 0.4) is 0 Å². The fraction of sp³-hybridized carbons (Fsp3) is 0.500. The fourth-order valence-electron chi connectivity index (χ4n) is 11.5. The van der Waals surface area contributed by atoms with Gasteiger partial charge in [-0.1, -0.05) is 0 Å². The Bertz CT molecular complexity index is 2450. The van der Waals surface area contributed by atoms with E-state index >= 15 is 0 Å². The van der Waals surface area contributed by atoms with Gasteiger partial charge in [0.1, 0.15) is 0 Å². The molecule has 0 saturated heterocycles. The van der Waals surface area contributed by atoms with Crippen LogP contribution >= 0.6 is 0 Å². The molecule has 0 aliphatic carbocycles. The van der Waals surface area contributed by atoms with Gasteiger partial charge in [-0.3, -0.25) is 0 Å². The van der Waals surface area contributed by atoms with Gasteiger partial charge in [0.15, 0.2) is 0 Å². The van der Waals surface area contributed by atoms with Crippen molar-refractivity contribution in [3.63, 3.8) is 0 Å². The van der Waals surface area contributed by atoms with E-state index in [1.165, 1.54) is 111 Å². The first-order chi connectivity index (χ1) is 35.7. The van der Waals surface area contributed by atoms with Gasteiger partial charge in [0.25, 0.3) is 0 Å². The quantitative estimate of drug-likeness (QED) is 0.0426. The van der Waals surface area contributed by atoms with Crippen LogP contribution < -0.4 is 14.5 Å². The zero-order chi connectivity index (χ0) is 56.4. The van der Waals surface area contributed by atoms with Gasteiger partial charge in [-0.25, -0.2) is 0 Å². The summed E-state index contributed by atoms with van der Waals surface area (Å²) in [5.41, 5.74) is 29.3. The standard InChI is InChI=1S/2C36H49.H2N2.2Sn/c2*1-21(2)29-17-31(23(5)6)35(32(18-29)24(7)8)27-14-13-15-28(16-27)36-33(25(9)10)19-30(22(3)4)20-34(36)26(11)12;1-2;;/h2*13-15,17-26H,1-12H3;1-2H;;/q;;-2;2*+1. The van der Waals surface area contributed by atoms with Crippen molar-refractivity contribution in [2.24, 2.45) is 0 Å². The summed E-state index contributed by atoms with van der Waals surface area (Å²) in [6.07, 6.45) is 0. The Balaban J connectivity index is 1.68. The zero-order valence-electron chi connectivity index (χ0n) is 52.0. The first-order valence-corrected chi connectivity index (χ1v) is 35.4. The molecule has 2 nitrogen and oxygen atoms in total. The molecule has 0 fully saturated rings. The third-order valence-electron chi connectivity index (χ3n) is 16.2. The number of hydrazine groups is 1. The van der Waals surface area contributed by atoms with E-state index < -0.39 is 42.8 Å². The van der Waals surface area contributed by atoms with Crippen molar-refractivity contribution in [1.82, 2.24) is 7.29 Å². The Morgan fingerprint density at radius 3 is 0.526 bits per heavy atom. The molecule has 0 atom stereocenters. The van der Waals surface area contributed by atoms with Crippen LogP contribution in [0.25, 0.3) is 44.5 Å². The van der Waals surface area contributed by atoms with Crippen molar-refractivity contribution in [2.45, 2.75) is 237 Å². The molecule has 406 valence electrons. The molecule has 4 heteroatoms. The molecular formula is C72H100N2Sn2. The van der Waals surface area contributed by atoms with E-state index in [0.717, 1.165) is 0 Å². The second-order valence-electron chi connectivity index (χ2n) is 26.1. The summed E-state index contributed by atoms with van der Waals surface area (Å²) in [4.78, 5) is 0. The molecule has 0 aliphatic rings. The van der Waals surface area contributed by atoms with E-state index in [4.69, 9.17) is 0 Å². The Labute approximate surface area is 486 Å². The summed E-state index contributed by atoms with van der Waals surface area (Å²) in [6, 6.07) is 35.2. The third kappa shape index (κ3) is 13.5. The molecule has 6 aromatic carbocycles. The van der Waals surface area contributed by atoms with Gasteiger partial charge >= 0.3 is 491 Å².